The first-order valence-corrected chi connectivity index (χ1v) is 6.09. The molecule has 0 saturated heterocycles. The first-order valence-electron chi connectivity index (χ1n) is 4.76. The Morgan fingerprint density at radius 2 is 2.19 bits per heavy atom. The maximum atomic E-state index is 12.4. The van der Waals surface area contributed by atoms with Crippen molar-refractivity contribution < 1.29 is 8.78 Å². The predicted molar refractivity (Wildman–Crippen MR) is 65.6 cm³/mol. The molecule has 0 radical (unpaired) electrons. The summed E-state index contributed by atoms with van der Waals surface area (Å²) in [6, 6.07) is 3.50. The minimum Gasteiger partial charge on any atom is -0.350 e. The second-order valence-electron chi connectivity index (χ2n) is 3.26. The number of anilines is 1. The number of aromatic nitrogens is 1. The summed E-state index contributed by atoms with van der Waals surface area (Å²) in [4.78, 5) is 5.72. The molecule has 0 aliphatic heterocycles. The number of pyridine rings is 1. The normalized spacial score (nSPS) is 10.9. The highest BCUT2D eigenvalue weighted by Gasteiger charge is 2.14. The second kappa shape index (κ2) is 6.35. The fraction of sp³-hybridized carbons (Fsp3) is 0.500. The smallest absolute Gasteiger partial charge is 0.255 e. The van der Waals surface area contributed by atoms with Gasteiger partial charge in [0, 0.05) is 16.9 Å². The molecule has 0 aliphatic rings. The van der Waals surface area contributed by atoms with Gasteiger partial charge in [0.25, 0.3) is 6.43 Å². The lowest BCUT2D eigenvalue weighted by Crippen LogP contribution is -2.31. The quantitative estimate of drug-likeness (QED) is 0.774. The van der Waals surface area contributed by atoms with Gasteiger partial charge in [-0.15, -0.1) is 11.6 Å². The van der Waals surface area contributed by atoms with Gasteiger partial charge in [0.1, 0.15) is 5.82 Å². The minimum atomic E-state index is -2.39. The van der Waals surface area contributed by atoms with Crippen LogP contribution in [0.1, 0.15) is 5.69 Å². The molecule has 16 heavy (non-hydrogen) atoms. The van der Waals surface area contributed by atoms with Crippen LogP contribution < -0.4 is 4.90 Å². The van der Waals surface area contributed by atoms with E-state index in [9.17, 15) is 8.78 Å². The molecule has 1 aromatic rings. The highest BCUT2D eigenvalue weighted by Crippen LogP contribution is 2.19. The molecule has 0 amide bonds. The molecule has 0 spiro atoms. The number of halogens is 4. The van der Waals surface area contributed by atoms with Gasteiger partial charge in [-0.1, -0.05) is 0 Å². The Bertz CT molecular complexity index is 350. The molecule has 90 valence electrons. The largest absolute Gasteiger partial charge is 0.350 e. The van der Waals surface area contributed by atoms with E-state index in [1.54, 1.807) is 12.1 Å². The first-order chi connectivity index (χ1) is 7.54. The summed E-state index contributed by atoms with van der Waals surface area (Å²) < 4.78 is 25.6. The van der Waals surface area contributed by atoms with E-state index < -0.39 is 6.43 Å². The molecular weight excluding hydrogens is 301 g/mol. The third-order valence-corrected chi connectivity index (χ3v) is 3.05. The van der Waals surface area contributed by atoms with Crippen LogP contribution in [-0.2, 0) is 0 Å². The van der Waals surface area contributed by atoms with E-state index in [4.69, 9.17) is 11.6 Å². The van der Waals surface area contributed by atoms with E-state index >= 15 is 0 Å². The first kappa shape index (κ1) is 13.6. The zero-order valence-electron chi connectivity index (χ0n) is 8.76. The Hall–Kier alpha value is -0.420. The Morgan fingerprint density at radius 3 is 2.69 bits per heavy atom. The zero-order valence-corrected chi connectivity index (χ0v) is 11.1. The fourth-order valence-electron chi connectivity index (χ4n) is 1.27. The second-order valence-corrected chi connectivity index (χ2v) is 4.50. The van der Waals surface area contributed by atoms with Crippen molar-refractivity contribution in [3.63, 3.8) is 0 Å². The van der Waals surface area contributed by atoms with E-state index in [1.165, 1.54) is 4.90 Å². The number of rotatable bonds is 5. The zero-order chi connectivity index (χ0) is 12.1. The van der Waals surface area contributed by atoms with Gasteiger partial charge in [-0.3, -0.25) is 0 Å². The fourth-order valence-corrected chi connectivity index (χ4v) is 1.70. The Labute approximate surface area is 107 Å². The molecule has 2 nitrogen and oxygen atoms in total. The van der Waals surface area contributed by atoms with Crippen molar-refractivity contribution in [1.82, 2.24) is 4.98 Å². The van der Waals surface area contributed by atoms with E-state index in [-0.39, 0.29) is 6.54 Å². The highest BCUT2D eigenvalue weighted by molar-refractivity contribution is 9.10. The lowest BCUT2D eigenvalue weighted by molar-refractivity contribution is 0.155. The lowest BCUT2D eigenvalue weighted by Gasteiger charge is -2.22. The van der Waals surface area contributed by atoms with Gasteiger partial charge in [0.2, 0.25) is 0 Å². The van der Waals surface area contributed by atoms with Gasteiger partial charge in [-0.2, -0.15) is 0 Å². The Balaban J connectivity index is 2.87. The van der Waals surface area contributed by atoms with Crippen molar-refractivity contribution >= 4 is 33.3 Å². The molecule has 6 heteroatoms. The summed E-state index contributed by atoms with van der Waals surface area (Å²) in [7, 11) is 0. The Kier molecular flexibility index (Phi) is 5.41. The SMILES string of the molecule is Cc1nc(N(CCCl)CC(F)F)ccc1Br. The summed E-state index contributed by atoms with van der Waals surface area (Å²) >= 11 is 8.89. The van der Waals surface area contributed by atoms with Gasteiger partial charge in [-0.05, 0) is 35.0 Å². The van der Waals surface area contributed by atoms with Crippen LogP contribution in [0.3, 0.4) is 0 Å². The van der Waals surface area contributed by atoms with Crippen molar-refractivity contribution in [3.8, 4) is 0 Å². The summed E-state index contributed by atoms with van der Waals surface area (Å²) in [5, 5.41) is 0. The molecule has 0 aromatic carbocycles. The van der Waals surface area contributed by atoms with Crippen LogP contribution in [0.15, 0.2) is 16.6 Å². The molecule has 0 fully saturated rings. The molecular formula is C10H12BrClF2N2. The number of nitrogens with zero attached hydrogens (tertiary/aromatic N) is 2. The van der Waals surface area contributed by atoms with E-state index in [0.29, 0.717) is 18.2 Å². The maximum absolute atomic E-state index is 12.4. The summed E-state index contributed by atoms with van der Waals surface area (Å²) in [5.41, 5.74) is 0.770. The van der Waals surface area contributed by atoms with Crippen LogP contribution in [0.2, 0.25) is 0 Å². The number of hydrogen-bond acceptors (Lipinski definition) is 2. The van der Waals surface area contributed by atoms with Crippen molar-refractivity contribution in [2.24, 2.45) is 0 Å². The summed E-state index contributed by atoms with van der Waals surface area (Å²) in [6.45, 7) is 1.83. The van der Waals surface area contributed by atoms with Gasteiger partial charge in [0.05, 0.1) is 12.2 Å². The number of aryl methyl sites for hydroxylation is 1. The van der Waals surface area contributed by atoms with Crippen LogP contribution in [-0.4, -0.2) is 30.4 Å². The van der Waals surface area contributed by atoms with E-state index in [0.717, 1.165) is 10.2 Å². The monoisotopic (exact) mass is 312 g/mol. The van der Waals surface area contributed by atoms with Crippen molar-refractivity contribution in [3.05, 3.63) is 22.3 Å². The van der Waals surface area contributed by atoms with Crippen LogP contribution in [0.4, 0.5) is 14.6 Å². The van der Waals surface area contributed by atoms with Crippen LogP contribution in [0, 0.1) is 6.92 Å². The van der Waals surface area contributed by atoms with Crippen molar-refractivity contribution in [1.29, 1.82) is 0 Å². The molecule has 0 aliphatic carbocycles. The third-order valence-electron chi connectivity index (χ3n) is 2.04. The maximum Gasteiger partial charge on any atom is 0.255 e. The van der Waals surface area contributed by atoms with Gasteiger partial charge >= 0.3 is 0 Å². The van der Waals surface area contributed by atoms with Crippen molar-refractivity contribution in [2.75, 3.05) is 23.9 Å². The topological polar surface area (TPSA) is 16.1 Å². The number of hydrogen-bond donors (Lipinski definition) is 0. The van der Waals surface area contributed by atoms with Crippen LogP contribution in [0.25, 0.3) is 0 Å². The molecule has 0 atom stereocenters. The van der Waals surface area contributed by atoms with Crippen LogP contribution >= 0.6 is 27.5 Å². The van der Waals surface area contributed by atoms with Crippen molar-refractivity contribution in [2.45, 2.75) is 13.3 Å². The highest BCUT2D eigenvalue weighted by atomic mass is 79.9. The molecule has 0 bridgehead atoms. The van der Waals surface area contributed by atoms with E-state index in [1.807, 2.05) is 6.92 Å². The molecule has 0 unspecified atom stereocenters. The molecule has 1 aromatic heterocycles. The predicted octanol–water partition coefficient (Wildman–Crippen LogP) is 3.46. The van der Waals surface area contributed by atoms with Gasteiger partial charge in [0.15, 0.2) is 0 Å². The molecule has 0 saturated carbocycles. The van der Waals surface area contributed by atoms with Gasteiger partial charge in [-0.25, -0.2) is 13.8 Å². The Morgan fingerprint density at radius 1 is 1.50 bits per heavy atom. The minimum absolute atomic E-state index is 0.295. The standard InChI is InChI=1S/C10H12BrClF2N2/c1-7-8(11)2-3-10(15-7)16(5-4-12)6-9(13)14/h2-3,9H,4-6H2,1H3. The molecule has 1 heterocycles. The average molecular weight is 314 g/mol. The third kappa shape index (κ3) is 3.87. The van der Waals surface area contributed by atoms with Crippen LogP contribution in [0.5, 0.6) is 0 Å². The lowest BCUT2D eigenvalue weighted by atomic mass is 10.3. The summed E-state index contributed by atoms with van der Waals surface area (Å²) in [5.74, 6) is 0.824. The average Bonchev–Trinajstić information content (AvgIpc) is 2.21. The van der Waals surface area contributed by atoms with E-state index in [2.05, 4.69) is 20.9 Å². The van der Waals surface area contributed by atoms with Gasteiger partial charge < -0.3 is 4.90 Å². The molecule has 1 rings (SSSR count). The molecule has 0 N–H and O–H groups in total. The summed E-state index contributed by atoms with van der Waals surface area (Å²) in [6.07, 6.45) is -2.39. The number of alkyl halides is 3.